The van der Waals surface area contributed by atoms with Crippen LogP contribution in [0.1, 0.15) is 70.6 Å². The molecule has 0 aromatic carbocycles. The molecule has 0 radical (unpaired) electrons. The molecule has 146 valence electrons. The molecule has 0 saturated heterocycles. The van der Waals surface area contributed by atoms with Gasteiger partial charge in [0.2, 0.25) is 0 Å². The van der Waals surface area contributed by atoms with Crippen molar-refractivity contribution >= 4 is 0 Å². The summed E-state index contributed by atoms with van der Waals surface area (Å²) in [6, 6.07) is 0. The fraction of sp³-hybridized carbons (Fsp3) is 0.909. The molecule has 25 heavy (non-hydrogen) atoms. The van der Waals surface area contributed by atoms with E-state index in [9.17, 15) is 0 Å². The summed E-state index contributed by atoms with van der Waals surface area (Å²) in [6.45, 7) is 11.1. The van der Waals surface area contributed by atoms with E-state index in [1.165, 1.54) is 51.4 Å². The van der Waals surface area contributed by atoms with Gasteiger partial charge >= 0.3 is 0 Å². The highest BCUT2D eigenvalue weighted by molar-refractivity contribution is 4.71. The fourth-order valence-corrected chi connectivity index (χ4v) is 4.24. The summed E-state index contributed by atoms with van der Waals surface area (Å²) in [5.74, 6) is 1.68. The molecule has 0 heterocycles. The van der Waals surface area contributed by atoms with E-state index in [4.69, 9.17) is 9.47 Å². The lowest BCUT2D eigenvalue weighted by atomic mass is 10.1. The zero-order chi connectivity index (χ0) is 17.6. The third kappa shape index (κ3) is 9.77. The quantitative estimate of drug-likeness (QED) is 0.304. The number of hydrogen-bond donors (Lipinski definition) is 0. The van der Waals surface area contributed by atoms with E-state index in [2.05, 4.69) is 11.5 Å². The number of rotatable bonds is 15. The Morgan fingerprint density at radius 1 is 0.760 bits per heavy atom. The smallest absolute Gasteiger partial charge is 0.0494 e. The predicted molar refractivity (Wildman–Crippen MR) is 106 cm³/mol. The lowest BCUT2D eigenvalue weighted by Crippen LogP contribution is -2.28. The van der Waals surface area contributed by atoms with Crippen molar-refractivity contribution in [2.24, 2.45) is 11.8 Å². The Hall–Kier alpha value is -0.380. The van der Waals surface area contributed by atoms with Crippen molar-refractivity contribution in [3.05, 3.63) is 12.7 Å². The third-order valence-electron chi connectivity index (χ3n) is 5.83. The van der Waals surface area contributed by atoms with E-state index in [-0.39, 0.29) is 0 Å². The Bertz CT molecular complexity index is 296. The third-order valence-corrected chi connectivity index (χ3v) is 5.83. The highest BCUT2D eigenvalue weighted by atomic mass is 16.5. The van der Waals surface area contributed by atoms with Crippen LogP contribution in [0, 0.1) is 11.8 Å². The molecule has 0 bridgehead atoms. The summed E-state index contributed by atoms with van der Waals surface area (Å²) in [7, 11) is 0. The van der Waals surface area contributed by atoms with E-state index in [1.807, 2.05) is 6.08 Å². The molecular weight excluding hydrogens is 310 g/mol. The van der Waals surface area contributed by atoms with Crippen molar-refractivity contribution < 1.29 is 9.47 Å². The second-order valence-corrected chi connectivity index (χ2v) is 8.08. The molecule has 0 spiro atoms. The highest BCUT2D eigenvalue weighted by Crippen LogP contribution is 2.25. The van der Waals surface area contributed by atoms with Crippen molar-refractivity contribution in [3.63, 3.8) is 0 Å². The van der Waals surface area contributed by atoms with Crippen LogP contribution in [0.4, 0.5) is 0 Å². The maximum absolute atomic E-state index is 5.90. The molecule has 2 aliphatic carbocycles. The zero-order valence-corrected chi connectivity index (χ0v) is 16.4. The van der Waals surface area contributed by atoms with Crippen LogP contribution in [0.25, 0.3) is 0 Å². The van der Waals surface area contributed by atoms with Crippen LogP contribution in [0.2, 0.25) is 0 Å². The second kappa shape index (κ2) is 13.8. The summed E-state index contributed by atoms with van der Waals surface area (Å²) in [6.07, 6.45) is 16.6. The van der Waals surface area contributed by atoms with Crippen LogP contribution in [0.15, 0.2) is 12.7 Å². The maximum atomic E-state index is 5.90. The van der Waals surface area contributed by atoms with Crippen molar-refractivity contribution in [1.29, 1.82) is 0 Å². The van der Waals surface area contributed by atoms with E-state index in [1.54, 1.807) is 0 Å². The highest BCUT2D eigenvalue weighted by Gasteiger charge is 2.15. The summed E-state index contributed by atoms with van der Waals surface area (Å²) >= 11 is 0. The SMILES string of the molecule is C=CCCN(CCCOCC1CCCC1)CCCOCC1CCCC1. The molecule has 0 atom stereocenters. The standard InChI is InChI=1S/C22H41NO2/c1-2-3-14-23(15-8-17-24-19-21-10-4-5-11-21)16-9-18-25-20-22-12-6-7-13-22/h2,21-22H,1,3-20H2. The van der Waals surface area contributed by atoms with Crippen LogP contribution in [-0.2, 0) is 9.47 Å². The van der Waals surface area contributed by atoms with E-state index >= 15 is 0 Å². The van der Waals surface area contributed by atoms with Crippen molar-refractivity contribution in [1.82, 2.24) is 4.90 Å². The molecule has 0 aromatic rings. The van der Waals surface area contributed by atoms with Gasteiger partial charge in [-0.1, -0.05) is 31.8 Å². The number of nitrogens with zero attached hydrogens (tertiary/aromatic N) is 1. The lowest BCUT2D eigenvalue weighted by Gasteiger charge is -2.22. The van der Waals surface area contributed by atoms with E-state index in [0.717, 1.165) is 77.2 Å². The van der Waals surface area contributed by atoms with E-state index < -0.39 is 0 Å². The Kier molecular flexibility index (Phi) is 11.5. The summed E-state index contributed by atoms with van der Waals surface area (Å²) < 4.78 is 11.8. The summed E-state index contributed by atoms with van der Waals surface area (Å²) in [4.78, 5) is 2.56. The van der Waals surface area contributed by atoms with Gasteiger partial charge in [0.25, 0.3) is 0 Å². The molecule has 0 aromatic heterocycles. The molecule has 3 heteroatoms. The molecule has 2 aliphatic rings. The van der Waals surface area contributed by atoms with Gasteiger partial charge in [-0.15, -0.1) is 6.58 Å². The van der Waals surface area contributed by atoms with Crippen LogP contribution < -0.4 is 0 Å². The largest absolute Gasteiger partial charge is 0.381 e. The second-order valence-electron chi connectivity index (χ2n) is 8.08. The lowest BCUT2D eigenvalue weighted by molar-refractivity contribution is 0.0822. The Labute approximate surface area is 156 Å². The Morgan fingerprint density at radius 2 is 1.24 bits per heavy atom. The minimum Gasteiger partial charge on any atom is -0.381 e. The first-order chi connectivity index (χ1) is 12.4. The van der Waals surface area contributed by atoms with Crippen molar-refractivity contribution in [3.8, 4) is 0 Å². The molecular formula is C22H41NO2. The van der Waals surface area contributed by atoms with Gasteiger partial charge in [-0.25, -0.2) is 0 Å². The molecule has 2 saturated carbocycles. The minimum atomic E-state index is 0.842. The Balaban J connectivity index is 1.46. The van der Waals surface area contributed by atoms with Crippen LogP contribution in [0.3, 0.4) is 0 Å². The predicted octanol–water partition coefficient (Wildman–Crippen LogP) is 5.06. The van der Waals surface area contributed by atoms with Crippen LogP contribution >= 0.6 is 0 Å². The van der Waals surface area contributed by atoms with Crippen molar-refractivity contribution in [2.75, 3.05) is 46.1 Å². The molecule has 3 nitrogen and oxygen atoms in total. The average molecular weight is 352 g/mol. The fourth-order valence-electron chi connectivity index (χ4n) is 4.24. The first kappa shape index (κ1) is 20.9. The molecule has 0 unspecified atom stereocenters. The molecule has 0 aliphatic heterocycles. The van der Waals surface area contributed by atoms with Gasteiger partial charge in [-0.3, -0.25) is 0 Å². The van der Waals surface area contributed by atoms with Gasteiger partial charge in [-0.05, 0) is 56.8 Å². The number of hydrogen-bond acceptors (Lipinski definition) is 3. The van der Waals surface area contributed by atoms with E-state index in [0.29, 0.717) is 0 Å². The van der Waals surface area contributed by atoms with Crippen molar-refractivity contribution in [2.45, 2.75) is 70.6 Å². The molecule has 2 fully saturated rings. The van der Waals surface area contributed by atoms with Gasteiger partial charge in [0.05, 0.1) is 0 Å². The summed E-state index contributed by atoms with van der Waals surface area (Å²) in [5.41, 5.74) is 0. The topological polar surface area (TPSA) is 21.7 Å². The maximum Gasteiger partial charge on any atom is 0.0494 e. The van der Waals surface area contributed by atoms with Gasteiger partial charge in [0, 0.05) is 46.1 Å². The monoisotopic (exact) mass is 351 g/mol. The first-order valence-corrected chi connectivity index (χ1v) is 10.9. The normalized spacial score (nSPS) is 19.2. The average Bonchev–Trinajstić information content (AvgIpc) is 3.32. The van der Waals surface area contributed by atoms with Gasteiger partial charge in [0.1, 0.15) is 0 Å². The van der Waals surface area contributed by atoms with Gasteiger partial charge in [0.15, 0.2) is 0 Å². The van der Waals surface area contributed by atoms with Gasteiger partial charge < -0.3 is 14.4 Å². The first-order valence-electron chi connectivity index (χ1n) is 10.9. The Morgan fingerprint density at radius 3 is 1.68 bits per heavy atom. The van der Waals surface area contributed by atoms with Crippen LogP contribution in [-0.4, -0.2) is 51.0 Å². The molecule has 0 amide bonds. The minimum absolute atomic E-state index is 0.842. The zero-order valence-electron chi connectivity index (χ0n) is 16.4. The summed E-state index contributed by atoms with van der Waals surface area (Å²) in [5, 5.41) is 0. The number of ether oxygens (including phenoxy) is 2. The molecule has 0 N–H and O–H groups in total. The molecule has 2 rings (SSSR count). The van der Waals surface area contributed by atoms with Crippen LogP contribution in [0.5, 0.6) is 0 Å². The van der Waals surface area contributed by atoms with Gasteiger partial charge in [-0.2, -0.15) is 0 Å².